The number of fused-ring (bicyclic) bond motifs is 3. The molecule has 0 saturated carbocycles. The number of hydrogen-bond acceptors (Lipinski definition) is 10. The van der Waals surface area contributed by atoms with Crippen LogP contribution >= 0.6 is 21.6 Å². The molecule has 1 aliphatic carbocycles. The number of carbonyl (C=O) groups is 3. The molecule has 3 aromatic rings. The number of rotatable bonds is 18. The van der Waals surface area contributed by atoms with Crippen LogP contribution in [0.3, 0.4) is 0 Å². The molecule has 1 saturated heterocycles. The second kappa shape index (κ2) is 20.6. The molecule has 55 heavy (non-hydrogen) atoms. The summed E-state index contributed by atoms with van der Waals surface area (Å²) >= 11 is 0. The summed E-state index contributed by atoms with van der Waals surface area (Å²) in [5.74, 6) is -0.0646. The van der Waals surface area contributed by atoms with Gasteiger partial charge in [0.2, 0.25) is 5.91 Å². The van der Waals surface area contributed by atoms with Crippen LogP contribution < -0.4 is 16.0 Å². The number of carbonyl (C=O) groups excluding carboxylic acids is 3. The lowest BCUT2D eigenvalue weighted by molar-refractivity contribution is -0.149. The Morgan fingerprint density at radius 2 is 1.53 bits per heavy atom. The highest BCUT2D eigenvalue weighted by molar-refractivity contribution is 8.77. The maximum Gasteiger partial charge on any atom is 0.407 e. The van der Waals surface area contributed by atoms with Gasteiger partial charge in [-0.2, -0.15) is 0 Å². The summed E-state index contributed by atoms with van der Waals surface area (Å²) in [6.07, 6.45) is 0.494. The average molecular weight is 792 g/mol. The van der Waals surface area contributed by atoms with Gasteiger partial charge >= 0.3 is 12.1 Å². The van der Waals surface area contributed by atoms with Crippen molar-refractivity contribution in [2.45, 2.75) is 102 Å². The summed E-state index contributed by atoms with van der Waals surface area (Å²) in [7, 11) is 4.59. The predicted octanol–water partition coefficient (Wildman–Crippen LogP) is 7.50. The highest BCUT2D eigenvalue weighted by Crippen LogP contribution is 2.44. The van der Waals surface area contributed by atoms with Crippen LogP contribution in [0, 0.1) is 5.92 Å². The van der Waals surface area contributed by atoms with Crippen molar-refractivity contribution in [3.05, 3.63) is 95.6 Å². The lowest BCUT2D eigenvalue weighted by atomic mass is 9.98. The minimum atomic E-state index is -0.824. The highest BCUT2D eigenvalue weighted by Gasteiger charge is 2.35. The van der Waals surface area contributed by atoms with Crippen molar-refractivity contribution < 1.29 is 33.3 Å². The molecule has 2 aliphatic rings. The summed E-state index contributed by atoms with van der Waals surface area (Å²) in [6, 6.07) is 25.1. The molecule has 5 rings (SSSR count). The number of benzene rings is 3. The van der Waals surface area contributed by atoms with Crippen LogP contribution in [0.15, 0.2) is 78.9 Å². The number of amides is 2. The molecule has 1 heterocycles. The van der Waals surface area contributed by atoms with Crippen LogP contribution in [0.1, 0.15) is 76.5 Å². The number of alkyl carbamates (subject to hydrolysis) is 1. The van der Waals surface area contributed by atoms with Crippen molar-refractivity contribution in [1.29, 1.82) is 0 Å². The average Bonchev–Trinajstić information content (AvgIpc) is 3.49. The fourth-order valence-electron chi connectivity index (χ4n) is 6.95. The lowest BCUT2D eigenvalue weighted by Crippen LogP contribution is -2.53. The Morgan fingerprint density at radius 1 is 0.873 bits per heavy atom. The molecular weight excluding hydrogens is 735 g/mol. The summed E-state index contributed by atoms with van der Waals surface area (Å²) in [5.41, 5.74) is 5.61. The first-order valence-electron chi connectivity index (χ1n) is 19.2. The van der Waals surface area contributed by atoms with Crippen LogP contribution in [0.4, 0.5) is 4.79 Å². The van der Waals surface area contributed by atoms with Crippen LogP contribution in [0.25, 0.3) is 11.1 Å². The van der Waals surface area contributed by atoms with Crippen LogP contribution in [0.2, 0.25) is 0 Å². The zero-order valence-electron chi connectivity index (χ0n) is 32.9. The first kappa shape index (κ1) is 42.6. The third kappa shape index (κ3) is 12.7. The first-order chi connectivity index (χ1) is 26.4. The molecule has 1 aliphatic heterocycles. The molecule has 0 unspecified atom stereocenters. The van der Waals surface area contributed by atoms with Crippen LogP contribution in [-0.2, 0) is 35.1 Å². The van der Waals surface area contributed by atoms with E-state index in [9.17, 15) is 14.4 Å². The second-order valence-corrected chi connectivity index (χ2v) is 18.7. The van der Waals surface area contributed by atoms with Gasteiger partial charge in [-0.05, 0) is 53.0 Å². The molecule has 0 bridgehead atoms. The lowest BCUT2D eigenvalue weighted by Gasteiger charge is -2.37. The van der Waals surface area contributed by atoms with E-state index >= 15 is 0 Å². The van der Waals surface area contributed by atoms with Crippen molar-refractivity contribution in [2.24, 2.45) is 5.92 Å². The summed E-state index contributed by atoms with van der Waals surface area (Å²) in [6.45, 7) is 11.7. The van der Waals surface area contributed by atoms with Gasteiger partial charge in [-0.15, -0.1) is 0 Å². The van der Waals surface area contributed by atoms with Gasteiger partial charge in [0.05, 0.1) is 32.0 Å². The molecule has 0 aromatic heterocycles. The molecular formula is C43H57N3O7S2. The van der Waals surface area contributed by atoms with E-state index < -0.39 is 18.2 Å². The zero-order chi connectivity index (χ0) is 39.4. The number of ether oxygens (including phenoxy) is 4. The number of nitrogens with one attached hydrogen (secondary N) is 3. The smallest absolute Gasteiger partial charge is 0.407 e. The van der Waals surface area contributed by atoms with Gasteiger partial charge < -0.3 is 34.9 Å². The third-order valence-electron chi connectivity index (χ3n) is 9.62. The fourth-order valence-corrected chi connectivity index (χ4v) is 9.42. The van der Waals surface area contributed by atoms with Crippen molar-refractivity contribution in [2.75, 3.05) is 32.6 Å². The first-order valence-corrected chi connectivity index (χ1v) is 21.6. The largest absolute Gasteiger partial charge is 0.468 e. The van der Waals surface area contributed by atoms with E-state index in [4.69, 9.17) is 18.9 Å². The van der Waals surface area contributed by atoms with E-state index in [1.165, 1.54) is 17.9 Å². The molecule has 10 nitrogen and oxygen atoms in total. The molecule has 0 spiro atoms. The Labute approximate surface area is 334 Å². The summed E-state index contributed by atoms with van der Waals surface area (Å²) in [4.78, 5) is 39.6. The third-order valence-corrected chi connectivity index (χ3v) is 13.0. The van der Waals surface area contributed by atoms with Gasteiger partial charge in [0.15, 0.2) is 0 Å². The van der Waals surface area contributed by atoms with Crippen molar-refractivity contribution in [3.8, 4) is 11.1 Å². The number of esters is 1. The Kier molecular flexibility index (Phi) is 15.9. The van der Waals surface area contributed by atoms with Crippen molar-refractivity contribution in [3.63, 3.8) is 0 Å². The molecule has 5 atom stereocenters. The monoisotopic (exact) mass is 791 g/mol. The molecule has 12 heteroatoms. The topological polar surface area (TPSA) is 124 Å². The Hall–Kier alpha value is -3.55. The SMILES string of the molecule is COC(=O)[C@H](CC(C)C)NC[C@H]1O[C@H](CNC(=O)[C@H](CSSC(C)(C)C)NC(=O)OCC2c3ccccc3-c3ccccc32)CC[C@@H]1OCc1ccccc1. The van der Waals surface area contributed by atoms with Gasteiger partial charge in [-0.25, -0.2) is 4.79 Å². The van der Waals surface area contributed by atoms with Crippen molar-refractivity contribution in [1.82, 2.24) is 16.0 Å². The molecule has 3 aromatic carbocycles. The van der Waals surface area contributed by atoms with E-state index in [1.54, 1.807) is 10.8 Å². The molecule has 0 radical (unpaired) electrons. The maximum atomic E-state index is 13.7. The van der Waals surface area contributed by atoms with Crippen LogP contribution in [-0.4, -0.2) is 85.7 Å². The molecule has 2 amide bonds. The zero-order valence-corrected chi connectivity index (χ0v) is 34.5. The standard InChI is InChI=1S/C43H57N3O7S2/c1-28(2)22-36(41(48)50-6)44-24-39-38(51-25-29-14-8-7-9-15-29)21-20-30(53-39)23-45-40(47)37(27-54-55-43(3,4)5)46-42(49)52-26-35-33-18-12-10-16-31(33)32-17-11-13-19-34(32)35/h7-19,28,30,35-39,44H,20-27H2,1-6H3,(H,45,47)(H,46,49)/t30-,36-,37-,38-,39+/m0/s1. The van der Waals surface area contributed by atoms with E-state index in [0.29, 0.717) is 38.2 Å². The summed E-state index contributed by atoms with van der Waals surface area (Å²) in [5, 5.41) is 9.27. The van der Waals surface area contributed by atoms with E-state index in [-0.39, 0.29) is 59.9 Å². The highest BCUT2D eigenvalue weighted by atomic mass is 33.1. The number of hydrogen-bond donors (Lipinski definition) is 3. The maximum absolute atomic E-state index is 13.7. The van der Waals surface area contributed by atoms with Gasteiger partial charge in [-0.3, -0.25) is 9.59 Å². The minimum Gasteiger partial charge on any atom is -0.468 e. The second-order valence-electron chi connectivity index (χ2n) is 15.6. The van der Waals surface area contributed by atoms with Crippen molar-refractivity contribution >= 4 is 39.6 Å². The molecule has 3 N–H and O–H groups in total. The van der Waals surface area contributed by atoms with Gasteiger partial charge in [-0.1, -0.05) is 135 Å². The van der Waals surface area contributed by atoms with E-state index in [0.717, 1.165) is 27.8 Å². The van der Waals surface area contributed by atoms with Gasteiger partial charge in [0, 0.05) is 29.5 Å². The number of methoxy groups -OCH3 is 1. The minimum absolute atomic E-state index is 0.0321. The Balaban J connectivity index is 1.20. The summed E-state index contributed by atoms with van der Waals surface area (Å²) < 4.78 is 23.8. The van der Waals surface area contributed by atoms with Gasteiger partial charge in [0.25, 0.3) is 0 Å². The normalized spacial score (nSPS) is 19.2. The Bertz CT molecular complexity index is 1660. The van der Waals surface area contributed by atoms with E-state index in [2.05, 4.69) is 74.8 Å². The quantitative estimate of drug-likeness (QED) is 0.0882. The predicted molar refractivity (Wildman–Crippen MR) is 221 cm³/mol. The van der Waals surface area contributed by atoms with Crippen LogP contribution in [0.5, 0.6) is 0 Å². The molecule has 298 valence electrons. The van der Waals surface area contributed by atoms with Gasteiger partial charge in [0.1, 0.15) is 18.7 Å². The Morgan fingerprint density at radius 3 is 2.16 bits per heavy atom. The van der Waals surface area contributed by atoms with E-state index in [1.807, 2.05) is 54.6 Å². The molecule has 1 fully saturated rings. The fraction of sp³-hybridized carbons (Fsp3) is 0.512.